The zero-order valence-electron chi connectivity index (χ0n) is 32.8. The highest BCUT2D eigenvalue weighted by molar-refractivity contribution is 6.76. The number of aromatic nitrogens is 3. The largest absolute Gasteiger partial charge is 0.491 e. The number of carbonyl (C=O) groups excluding carboxylic acids is 2. The number of aliphatic hydroxyl groups excluding tert-OH is 1. The molecule has 2 amide bonds. The van der Waals surface area contributed by atoms with Gasteiger partial charge in [-0.05, 0) is 104 Å². The number of carbonyl (C=O) groups is 2. The van der Waals surface area contributed by atoms with Crippen molar-refractivity contribution in [2.45, 2.75) is 83.1 Å². The van der Waals surface area contributed by atoms with E-state index in [4.69, 9.17) is 19.4 Å². The van der Waals surface area contributed by atoms with Crippen LogP contribution in [0.2, 0.25) is 25.7 Å². The van der Waals surface area contributed by atoms with Crippen LogP contribution in [0, 0.1) is 0 Å². The van der Waals surface area contributed by atoms with Crippen molar-refractivity contribution in [3.8, 4) is 28.3 Å². The van der Waals surface area contributed by atoms with Crippen LogP contribution in [0.3, 0.4) is 0 Å². The van der Waals surface area contributed by atoms with E-state index in [0.717, 1.165) is 28.3 Å². The molecule has 2 N–H and O–H groups in total. The lowest BCUT2D eigenvalue weighted by Gasteiger charge is -2.35. The number of pyridine rings is 2. The quantitative estimate of drug-likeness (QED) is 0.105. The van der Waals surface area contributed by atoms with Crippen LogP contribution in [0.4, 0.5) is 5.69 Å². The summed E-state index contributed by atoms with van der Waals surface area (Å²) in [5.41, 5.74) is 6.53. The molecule has 292 valence electrons. The lowest BCUT2D eigenvalue weighted by atomic mass is 9.93. The third-order valence-corrected chi connectivity index (χ3v) is 13.1. The second kappa shape index (κ2) is 15.2. The molecule has 0 spiro atoms. The number of anilines is 1. The van der Waals surface area contributed by atoms with Gasteiger partial charge in [-0.25, -0.2) is 4.98 Å². The van der Waals surface area contributed by atoms with E-state index in [9.17, 15) is 19.8 Å². The van der Waals surface area contributed by atoms with Crippen molar-refractivity contribution in [1.29, 1.82) is 0 Å². The molecule has 1 saturated heterocycles. The Morgan fingerprint density at radius 3 is 2.50 bits per heavy atom. The fourth-order valence-corrected chi connectivity index (χ4v) is 8.54. The van der Waals surface area contributed by atoms with Crippen molar-refractivity contribution in [2.24, 2.45) is 0 Å². The maximum atomic E-state index is 14.1. The van der Waals surface area contributed by atoms with Gasteiger partial charge in [-0.15, -0.1) is 0 Å². The van der Waals surface area contributed by atoms with Gasteiger partial charge < -0.3 is 29.5 Å². The summed E-state index contributed by atoms with van der Waals surface area (Å²) < 4.78 is 14.4. The second-order valence-electron chi connectivity index (χ2n) is 16.9. The van der Waals surface area contributed by atoms with E-state index in [2.05, 4.69) is 19.6 Å². The van der Waals surface area contributed by atoms with E-state index in [0.29, 0.717) is 91.1 Å². The molecular formula is C44H51N5O6Si. The van der Waals surface area contributed by atoms with E-state index < -0.39 is 13.7 Å². The lowest BCUT2D eigenvalue weighted by molar-refractivity contribution is -0.00204. The summed E-state index contributed by atoms with van der Waals surface area (Å²) in [6.45, 7) is 11.0. The molecule has 3 aromatic heterocycles. The van der Waals surface area contributed by atoms with E-state index in [1.54, 1.807) is 28.3 Å². The highest BCUT2D eigenvalue weighted by atomic mass is 28.3. The molecule has 2 aliphatic heterocycles. The number of aliphatic hydroxyl groups is 2. The van der Waals surface area contributed by atoms with E-state index >= 15 is 0 Å². The topological polar surface area (TPSA) is 130 Å². The molecule has 5 heterocycles. The minimum atomic E-state index is -1.34. The van der Waals surface area contributed by atoms with Crippen molar-refractivity contribution in [3.05, 3.63) is 95.3 Å². The number of rotatable bonds is 11. The van der Waals surface area contributed by atoms with Gasteiger partial charge in [-0.1, -0.05) is 37.8 Å². The van der Waals surface area contributed by atoms with Crippen molar-refractivity contribution in [1.82, 2.24) is 19.4 Å². The van der Waals surface area contributed by atoms with Crippen LogP contribution in [-0.2, 0) is 18.1 Å². The van der Waals surface area contributed by atoms with Crippen LogP contribution < -0.4 is 9.64 Å². The molecule has 1 saturated carbocycles. The summed E-state index contributed by atoms with van der Waals surface area (Å²) in [5, 5.41) is 22.2. The van der Waals surface area contributed by atoms with Gasteiger partial charge in [0.1, 0.15) is 24.7 Å². The van der Waals surface area contributed by atoms with Crippen molar-refractivity contribution < 1.29 is 29.3 Å². The molecule has 56 heavy (non-hydrogen) atoms. The van der Waals surface area contributed by atoms with Gasteiger partial charge in [-0.2, -0.15) is 0 Å². The number of amides is 2. The van der Waals surface area contributed by atoms with E-state index in [-0.39, 0.29) is 25.2 Å². The zero-order chi connectivity index (χ0) is 39.2. The summed E-state index contributed by atoms with van der Waals surface area (Å²) in [6.07, 6.45) is 6.79. The average Bonchev–Trinajstić information content (AvgIpc) is 3.99. The Morgan fingerprint density at radius 2 is 1.79 bits per heavy atom. The van der Waals surface area contributed by atoms with E-state index in [1.807, 2.05) is 66.1 Å². The first-order chi connectivity index (χ1) is 26.9. The van der Waals surface area contributed by atoms with Gasteiger partial charge in [-0.3, -0.25) is 19.1 Å². The Bertz CT molecular complexity index is 2270. The molecule has 1 aliphatic carbocycles. The monoisotopic (exact) mass is 773 g/mol. The Kier molecular flexibility index (Phi) is 10.3. The Labute approximate surface area is 328 Å². The first kappa shape index (κ1) is 38.0. The fraction of sp³-hybridized carbons (Fsp3) is 0.409. The average molecular weight is 774 g/mol. The number of hydrogen-bond acceptors (Lipinski definition) is 8. The van der Waals surface area contributed by atoms with Crippen LogP contribution >= 0.6 is 0 Å². The van der Waals surface area contributed by atoms with Crippen molar-refractivity contribution >= 4 is 36.6 Å². The second-order valence-corrected chi connectivity index (χ2v) is 22.5. The summed E-state index contributed by atoms with van der Waals surface area (Å²) >= 11 is 0. The molecule has 0 atom stereocenters. The van der Waals surface area contributed by atoms with Gasteiger partial charge in [0.25, 0.3) is 11.8 Å². The molecule has 2 aromatic carbocycles. The van der Waals surface area contributed by atoms with Crippen LogP contribution in [0.1, 0.15) is 70.4 Å². The molecule has 11 nitrogen and oxygen atoms in total. The molecule has 2 fully saturated rings. The molecule has 12 heteroatoms. The zero-order valence-corrected chi connectivity index (χ0v) is 33.8. The Hall–Kier alpha value is -4.88. The highest BCUT2D eigenvalue weighted by Gasteiger charge is 2.32. The maximum Gasteiger partial charge on any atom is 0.262 e. The summed E-state index contributed by atoms with van der Waals surface area (Å²) in [5.74, 6) is 0.906. The molecule has 8 rings (SSSR count). The van der Waals surface area contributed by atoms with Crippen LogP contribution in [-0.4, -0.2) is 88.0 Å². The number of likely N-dealkylation sites (tertiary alicyclic amines) is 1. The molecular weight excluding hydrogens is 723 g/mol. The predicted molar refractivity (Wildman–Crippen MR) is 220 cm³/mol. The number of hydrogen-bond donors (Lipinski definition) is 2. The van der Waals surface area contributed by atoms with Gasteiger partial charge in [0.2, 0.25) is 0 Å². The smallest absolute Gasteiger partial charge is 0.262 e. The lowest BCUT2D eigenvalue weighted by Crippen LogP contribution is -2.45. The summed E-state index contributed by atoms with van der Waals surface area (Å²) in [4.78, 5) is 40.6. The SMILES string of the molecule is CC1(O)CCN(C(=O)c2ccc(-c3cc4c(-c5cccc(N6CCOc7cc(C8CC8)ccc7C6=O)c5CO)ccnc4n3COCC[Si](C)(C)C)nc2)CC1. The minimum absolute atomic E-state index is 0.101. The van der Waals surface area contributed by atoms with Gasteiger partial charge in [0.05, 0.1) is 47.0 Å². The predicted octanol–water partition coefficient (Wildman–Crippen LogP) is 7.47. The third-order valence-electron chi connectivity index (χ3n) is 11.4. The molecule has 0 bridgehead atoms. The van der Waals surface area contributed by atoms with Gasteiger partial charge in [0.15, 0.2) is 0 Å². The molecule has 3 aliphatic rings. The summed E-state index contributed by atoms with van der Waals surface area (Å²) in [7, 11) is -1.34. The van der Waals surface area contributed by atoms with Crippen LogP contribution in [0.15, 0.2) is 73.1 Å². The normalized spacial score (nSPS) is 17.1. The number of fused-ring (bicyclic) bond motifs is 2. The highest BCUT2D eigenvalue weighted by Crippen LogP contribution is 2.43. The standard InChI is InChI=1S/C44H51N5O6Si/c1-44(53)15-18-47(19-16-44)42(51)31-11-13-37(46-26-31)39-25-35-33(14-17-45-41(35)49(39)28-54-22-23-56(2,3)4)32-6-5-7-38(36(32)27-50)48-20-21-55-40-24-30(29-8-9-29)10-12-34(40)43(48)52/h5-7,10-14,17,24-26,29,50,53H,8-9,15-16,18-23,27-28H2,1-4H3. The van der Waals surface area contributed by atoms with Crippen molar-refractivity contribution in [2.75, 3.05) is 37.7 Å². The first-order valence-corrected chi connectivity index (χ1v) is 23.5. The number of nitrogens with zero attached hydrogens (tertiary/aromatic N) is 5. The van der Waals surface area contributed by atoms with Crippen LogP contribution in [0.5, 0.6) is 5.75 Å². The molecule has 0 radical (unpaired) electrons. The number of benzene rings is 2. The third kappa shape index (κ3) is 7.75. The van der Waals surface area contributed by atoms with Crippen LogP contribution in [0.25, 0.3) is 33.5 Å². The number of ether oxygens (including phenoxy) is 2. The Morgan fingerprint density at radius 1 is 0.982 bits per heavy atom. The molecule has 5 aromatic rings. The Balaban J connectivity index is 1.15. The van der Waals surface area contributed by atoms with E-state index in [1.165, 1.54) is 18.4 Å². The number of piperidine rings is 1. The molecule has 0 unspecified atom stereocenters. The first-order valence-electron chi connectivity index (χ1n) is 19.8. The van der Waals surface area contributed by atoms with Gasteiger partial charge >= 0.3 is 0 Å². The minimum Gasteiger partial charge on any atom is -0.491 e. The van der Waals surface area contributed by atoms with Crippen molar-refractivity contribution in [3.63, 3.8) is 0 Å². The van der Waals surface area contributed by atoms with Gasteiger partial charge in [0, 0.05) is 51.1 Å². The summed E-state index contributed by atoms with van der Waals surface area (Å²) in [6, 6.07) is 20.4. The maximum absolute atomic E-state index is 14.1. The fourth-order valence-electron chi connectivity index (χ4n) is 7.78.